The van der Waals surface area contributed by atoms with Crippen LogP contribution in [0, 0.1) is 5.92 Å². The third-order valence-electron chi connectivity index (χ3n) is 7.18. The number of anilines is 2. The summed E-state index contributed by atoms with van der Waals surface area (Å²) in [5.74, 6) is 0.427. The summed E-state index contributed by atoms with van der Waals surface area (Å²) in [4.78, 5) is 35.0. The van der Waals surface area contributed by atoms with Crippen molar-refractivity contribution in [2.45, 2.75) is 32.2 Å². The lowest BCUT2D eigenvalue weighted by Crippen LogP contribution is -2.37. The molecule has 2 fully saturated rings. The van der Waals surface area contributed by atoms with Crippen molar-refractivity contribution in [1.29, 1.82) is 0 Å². The molecular weight excluding hydrogens is 432 g/mol. The Morgan fingerprint density at radius 3 is 2.82 bits per heavy atom. The number of nitrogens with one attached hydrogen (secondary N) is 1. The van der Waals surface area contributed by atoms with Crippen LogP contribution in [0.5, 0.6) is 0 Å². The lowest BCUT2D eigenvalue weighted by atomic mass is 10.1. The summed E-state index contributed by atoms with van der Waals surface area (Å²) in [5, 5.41) is 7.33. The van der Waals surface area contributed by atoms with Crippen molar-refractivity contribution in [3.8, 4) is 0 Å². The van der Waals surface area contributed by atoms with E-state index in [1.807, 2.05) is 17.0 Å². The minimum Gasteiger partial charge on any atom is -0.378 e. The van der Waals surface area contributed by atoms with Crippen LogP contribution in [0.1, 0.15) is 52.0 Å². The van der Waals surface area contributed by atoms with Gasteiger partial charge in [-0.05, 0) is 42.5 Å². The predicted molar refractivity (Wildman–Crippen MR) is 127 cm³/mol. The zero-order chi connectivity index (χ0) is 23.1. The van der Waals surface area contributed by atoms with E-state index in [2.05, 4.69) is 20.3 Å². The largest absolute Gasteiger partial charge is 0.378 e. The number of ether oxygens (including phenoxy) is 1. The molecule has 0 bridgehead atoms. The number of rotatable bonds is 5. The van der Waals surface area contributed by atoms with Crippen LogP contribution >= 0.6 is 0 Å². The van der Waals surface area contributed by atoms with Crippen LogP contribution in [0.2, 0.25) is 0 Å². The van der Waals surface area contributed by atoms with Crippen LogP contribution in [-0.2, 0) is 11.3 Å². The van der Waals surface area contributed by atoms with Crippen LogP contribution < -0.4 is 10.2 Å². The van der Waals surface area contributed by atoms with E-state index in [0.29, 0.717) is 55.7 Å². The van der Waals surface area contributed by atoms with Crippen LogP contribution in [0.4, 0.5) is 11.4 Å². The highest BCUT2D eigenvalue weighted by atomic mass is 16.5. The zero-order valence-electron chi connectivity index (χ0n) is 19.1. The number of benzene rings is 1. The number of hydrogen-bond acceptors (Lipinski definition) is 6. The summed E-state index contributed by atoms with van der Waals surface area (Å²) >= 11 is 0. The highest BCUT2D eigenvalue weighted by molar-refractivity contribution is 6.10. The molecule has 176 valence electrons. The maximum absolute atomic E-state index is 13.3. The maximum atomic E-state index is 13.3. The van der Waals surface area contributed by atoms with Crippen molar-refractivity contribution < 1.29 is 14.3 Å². The monoisotopic (exact) mass is 460 g/mol. The number of hydrogen-bond donors (Lipinski definition) is 1. The fourth-order valence-electron chi connectivity index (χ4n) is 5.41. The topological polar surface area (TPSA) is 92.1 Å². The number of carbonyl (C=O) groups excluding carboxylic acids is 2. The molecule has 0 radical (unpaired) electrons. The average molecular weight is 461 g/mol. The Kier molecular flexibility index (Phi) is 5.41. The molecular formula is C25H28N6O3. The van der Waals surface area contributed by atoms with E-state index in [-0.39, 0.29) is 11.8 Å². The SMILES string of the molecule is O=C(Nc1cc2c(cc1N1CCOCC1)C(=O)N(CC1CCCC1)C2)c1cnn2cccnc12. The highest BCUT2D eigenvalue weighted by Gasteiger charge is 2.32. The van der Waals surface area contributed by atoms with Gasteiger partial charge in [0.25, 0.3) is 11.8 Å². The van der Waals surface area contributed by atoms with Crippen molar-refractivity contribution in [1.82, 2.24) is 19.5 Å². The van der Waals surface area contributed by atoms with Gasteiger partial charge in [-0.3, -0.25) is 9.59 Å². The van der Waals surface area contributed by atoms with Crippen LogP contribution in [0.25, 0.3) is 5.65 Å². The Balaban J connectivity index is 1.32. The normalized spacial score (nSPS) is 18.6. The number of nitrogens with zero attached hydrogens (tertiary/aromatic N) is 5. The molecule has 1 saturated carbocycles. The van der Waals surface area contributed by atoms with E-state index in [1.54, 1.807) is 23.0 Å². The standard InChI is InChI=1S/C25H28N6O3/c32-24(20-14-27-31-7-3-6-26-23(20)31)28-21-12-18-16-30(15-17-4-1-2-5-17)25(33)19(18)13-22(21)29-8-10-34-11-9-29/h3,6-7,12-14,17H,1-2,4-5,8-11,15-16H2,(H,28,32). The Bertz CT molecular complexity index is 1240. The van der Waals surface area contributed by atoms with Gasteiger partial charge in [-0.1, -0.05) is 12.8 Å². The summed E-state index contributed by atoms with van der Waals surface area (Å²) in [7, 11) is 0. The minimum absolute atomic E-state index is 0.0983. The van der Waals surface area contributed by atoms with Gasteiger partial charge in [0.2, 0.25) is 0 Å². The first-order chi connectivity index (χ1) is 16.7. The molecule has 0 spiro atoms. The lowest BCUT2D eigenvalue weighted by Gasteiger charge is -2.31. The minimum atomic E-state index is -0.268. The maximum Gasteiger partial charge on any atom is 0.261 e. The summed E-state index contributed by atoms with van der Waals surface area (Å²) in [5.41, 5.74) is 4.19. The van der Waals surface area contributed by atoms with Gasteiger partial charge < -0.3 is 19.9 Å². The smallest absolute Gasteiger partial charge is 0.261 e. The van der Waals surface area contributed by atoms with Crippen molar-refractivity contribution in [2.75, 3.05) is 43.1 Å². The zero-order valence-corrected chi connectivity index (χ0v) is 19.1. The molecule has 2 aromatic heterocycles. The van der Waals surface area contributed by atoms with E-state index in [0.717, 1.165) is 23.4 Å². The molecule has 1 N–H and O–H groups in total. The van der Waals surface area contributed by atoms with Crippen LogP contribution in [0.15, 0.2) is 36.8 Å². The number of morpholine rings is 1. The van der Waals surface area contributed by atoms with Crippen molar-refractivity contribution >= 4 is 28.8 Å². The van der Waals surface area contributed by atoms with Crippen molar-refractivity contribution in [3.63, 3.8) is 0 Å². The molecule has 2 aliphatic heterocycles. The summed E-state index contributed by atoms with van der Waals surface area (Å²) in [6.45, 7) is 4.06. The first-order valence-electron chi connectivity index (χ1n) is 12.1. The van der Waals surface area contributed by atoms with E-state index in [4.69, 9.17) is 4.74 Å². The van der Waals surface area contributed by atoms with Gasteiger partial charge in [0.15, 0.2) is 5.65 Å². The number of fused-ring (bicyclic) bond motifs is 2. The van der Waals surface area contributed by atoms with Gasteiger partial charge in [0.1, 0.15) is 5.56 Å². The molecule has 9 nitrogen and oxygen atoms in total. The van der Waals surface area contributed by atoms with Crippen molar-refractivity contribution in [3.05, 3.63) is 53.5 Å². The van der Waals surface area contributed by atoms with E-state index in [1.165, 1.54) is 31.9 Å². The molecule has 34 heavy (non-hydrogen) atoms. The molecule has 0 unspecified atom stereocenters. The Morgan fingerprint density at radius 1 is 1.18 bits per heavy atom. The van der Waals surface area contributed by atoms with Gasteiger partial charge in [0, 0.05) is 44.1 Å². The summed E-state index contributed by atoms with van der Waals surface area (Å²) < 4.78 is 7.11. The lowest BCUT2D eigenvalue weighted by molar-refractivity contribution is 0.0752. The molecule has 1 aliphatic carbocycles. The summed E-state index contributed by atoms with van der Waals surface area (Å²) in [6.07, 6.45) is 9.87. The third kappa shape index (κ3) is 3.79. The van der Waals surface area contributed by atoms with E-state index >= 15 is 0 Å². The number of carbonyl (C=O) groups is 2. The fraction of sp³-hybridized carbons (Fsp3) is 0.440. The Morgan fingerprint density at radius 2 is 2.00 bits per heavy atom. The van der Waals surface area contributed by atoms with Gasteiger partial charge in [0.05, 0.1) is 30.8 Å². The molecule has 0 atom stereocenters. The van der Waals surface area contributed by atoms with Gasteiger partial charge in [-0.15, -0.1) is 0 Å². The number of amides is 2. The Hall–Kier alpha value is -3.46. The second-order valence-corrected chi connectivity index (χ2v) is 9.36. The second-order valence-electron chi connectivity index (χ2n) is 9.36. The average Bonchev–Trinajstić information content (AvgIpc) is 3.59. The molecule has 1 aromatic carbocycles. The van der Waals surface area contributed by atoms with E-state index < -0.39 is 0 Å². The van der Waals surface area contributed by atoms with Crippen LogP contribution in [-0.4, -0.2) is 64.2 Å². The first-order valence-corrected chi connectivity index (χ1v) is 12.1. The number of aromatic nitrogens is 3. The first kappa shape index (κ1) is 21.1. The quantitative estimate of drug-likeness (QED) is 0.629. The molecule has 9 heteroatoms. The Labute approximate surface area is 197 Å². The molecule has 4 heterocycles. The van der Waals surface area contributed by atoms with Crippen LogP contribution in [0.3, 0.4) is 0 Å². The predicted octanol–water partition coefficient (Wildman–Crippen LogP) is 2.96. The molecule has 2 amide bonds. The third-order valence-corrected chi connectivity index (χ3v) is 7.18. The van der Waals surface area contributed by atoms with Gasteiger partial charge in [-0.2, -0.15) is 5.10 Å². The van der Waals surface area contributed by atoms with Gasteiger partial charge >= 0.3 is 0 Å². The molecule has 6 rings (SSSR count). The summed E-state index contributed by atoms with van der Waals surface area (Å²) in [6, 6.07) is 5.71. The fourth-order valence-corrected chi connectivity index (χ4v) is 5.41. The molecule has 3 aromatic rings. The molecule has 1 saturated heterocycles. The highest BCUT2D eigenvalue weighted by Crippen LogP contribution is 2.36. The van der Waals surface area contributed by atoms with Gasteiger partial charge in [-0.25, -0.2) is 9.50 Å². The van der Waals surface area contributed by atoms with Crippen molar-refractivity contribution in [2.24, 2.45) is 5.92 Å². The second kappa shape index (κ2) is 8.72. The molecule has 3 aliphatic rings. The van der Waals surface area contributed by atoms with E-state index in [9.17, 15) is 9.59 Å².